The summed E-state index contributed by atoms with van der Waals surface area (Å²) in [4.78, 5) is -0.507. The molecule has 0 fully saturated rings. The molecular weight excluding hydrogens is 342 g/mol. The van der Waals surface area contributed by atoms with Gasteiger partial charge >= 0.3 is 0 Å². The molecule has 1 aliphatic rings. The Balaban J connectivity index is 1.99. The minimum Gasteiger partial charge on any atom is -0.497 e. The van der Waals surface area contributed by atoms with E-state index in [1.165, 1.54) is 19.2 Å². The van der Waals surface area contributed by atoms with E-state index in [1.807, 2.05) is 24.3 Å². The molecule has 0 spiro atoms. The van der Waals surface area contributed by atoms with Crippen molar-refractivity contribution < 1.29 is 18.3 Å². The van der Waals surface area contributed by atoms with Gasteiger partial charge in [0.05, 0.1) is 18.5 Å². The largest absolute Gasteiger partial charge is 0.497 e. The van der Waals surface area contributed by atoms with Crippen molar-refractivity contribution in [2.45, 2.75) is 10.7 Å². The first-order chi connectivity index (χ1) is 10.1. The first-order valence-corrected chi connectivity index (χ1v) is 7.42. The molecule has 21 heavy (non-hydrogen) atoms. The third-order valence-corrected chi connectivity index (χ3v) is 4.75. The van der Waals surface area contributed by atoms with Gasteiger partial charge in [-0.15, -0.1) is 0 Å². The van der Waals surface area contributed by atoms with Crippen LogP contribution in [0.2, 0.25) is 0 Å². The van der Waals surface area contributed by atoms with E-state index in [0.717, 1.165) is 11.3 Å². The zero-order valence-electron chi connectivity index (χ0n) is 11.3. The van der Waals surface area contributed by atoms with Gasteiger partial charge in [-0.25, -0.2) is 8.78 Å². The lowest BCUT2D eigenvalue weighted by atomic mass is 9.93. The van der Waals surface area contributed by atoms with Crippen LogP contribution in [0.25, 0.3) is 0 Å². The molecule has 0 radical (unpaired) electrons. The third-order valence-electron chi connectivity index (χ3n) is 3.65. The summed E-state index contributed by atoms with van der Waals surface area (Å²) in [5.41, 5.74) is 0.954. The summed E-state index contributed by atoms with van der Waals surface area (Å²) in [5.74, 6) is -0.465. The second kappa shape index (κ2) is 5.64. The van der Waals surface area contributed by atoms with Crippen LogP contribution in [0.15, 0.2) is 36.4 Å². The molecule has 2 nitrogen and oxygen atoms in total. The number of halogens is 3. The predicted molar refractivity (Wildman–Crippen MR) is 79.3 cm³/mol. The summed E-state index contributed by atoms with van der Waals surface area (Å²) in [6.07, 6.45) is 0. The Hall–Kier alpha value is -1.62. The molecule has 1 heterocycles. The predicted octanol–water partition coefficient (Wildman–Crippen LogP) is 4.59. The molecule has 5 heteroatoms. The van der Waals surface area contributed by atoms with Gasteiger partial charge in [0, 0.05) is 29.2 Å². The first kappa shape index (κ1) is 14.3. The highest BCUT2D eigenvalue weighted by Gasteiger charge is 2.34. The zero-order valence-corrected chi connectivity index (χ0v) is 12.9. The van der Waals surface area contributed by atoms with Crippen molar-refractivity contribution in [3.8, 4) is 11.5 Å². The molecule has 0 aliphatic carbocycles. The summed E-state index contributed by atoms with van der Waals surface area (Å²) in [7, 11) is 1.38. The molecule has 2 aromatic rings. The fourth-order valence-electron chi connectivity index (χ4n) is 2.57. The van der Waals surface area contributed by atoms with Gasteiger partial charge in [0.25, 0.3) is 0 Å². The van der Waals surface area contributed by atoms with Gasteiger partial charge in [-0.1, -0.05) is 34.1 Å². The molecule has 0 amide bonds. The average Bonchev–Trinajstić information content (AvgIpc) is 2.90. The minimum absolute atomic E-state index is 0.00102. The van der Waals surface area contributed by atoms with Gasteiger partial charge in [-0.2, -0.15) is 0 Å². The van der Waals surface area contributed by atoms with Crippen LogP contribution in [0.3, 0.4) is 0 Å². The highest BCUT2D eigenvalue weighted by Crippen LogP contribution is 2.46. The van der Waals surface area contributed by atoms with Crippen LogP contribution in [0.5, 0.6) is 11.5 Å². The molecular formula is C16H13BrF2O2. The summed E-state index contributed by atoms with van der Waals surface area (Å²) >= 11 is 3.43. The zero-order chi connectivity index (χ0) is 15.0. The normalized spacial score (nSPS) is 18.0. The van der Waals surface area contributed by atoms with Crippen LogP contribution in [-0.2, 0) is 0 Å². The van der Waals surface area contributed by atoms with Crippen molar-refractivity contribution in [2.24, 2.45) is 0 Å². The Morgan fingerprint density at radius 1 is 1.24 bits per heavy atom. The van der Waals surface area contributed by atoms with E-state index in [9.17, 15) is 8.78 Å². The topological polar surface area (TPSA) is 18.5 Å². The number of alkyl halides is 1. The van der Waals surface area contributed by atoms with Crippen LogP contribution < -0.4 is 9.47 Å². The summed E-state index contributed by atoms with van der Waals surface area (Å²) in [6, 6.07) is 9.92. The molecule has 0 saturated carbocycles. The van der Waals surface area contributed by atoms with Crippen LogP contribution in [0.1, 0.15) is 21.9 Å². The lowest BCUT2D eigenvalue weighted by Gasteiger charge is -2.19. The van der Waals surface area contributed by atoms with E-state index >= 15 is 0 Å². The molecule has 1 aliphatic heterocycles. The van der Waals surface area contributed by atoms with E-state index in [1.54, 1.807) is 0 Å². The maximum atomic E-state index is 14.2. The summed E-state index contributed by atoms with van der Waals surface area (Å²) in [5, 5.41) is 0. The van der Waals surface area contributed by atoms with E-state index in [2.05, 4.69) is 15.9 Å². The van der Waals surface area contributed by atoms with Crippen molar-refractivity contribution in [3.63, 3.8) is 0 Å². The smallest absolute Gasteiger partial charge is 0.134 e. The number of hydrogen-bond acceptors (Lipinski definition) is 2. The Kier molecular flexibility index (Phi) is 3.85. The van der Waals surface area contributed by atoms with Crippen molar-refractivity contribution in [3.05, 3.63) is 59.2 Å². The average molecular weight is 355 g/mol. The molecule has 0 bridgehead atoms. The molecule has 3 rings (SSSR count). The highest BCUT2D eigenvalue weighted by atomic mass is 79.9. The highest BCUT2D eigenvalue weighted by molar-refractivity contribution is 9.09. The standard InChI is InChI=1S/C16H13BrF2O2/c1-20-9-6-12(18)15(13(19)7-9)16(17)11-8-21-14-5-3-2-4-10(11)14/h2-7,11,16H,8H2,1H3. The van der Waals surface area contributed by atoms with Gasteiger partial charge < -0.3 is 9.47 Å². The van der Waals surface area contributed by atoms with Gasteiger partial charge in [-0.05, 0) is 6.07 Å². The monoisotopic (exact) mass is 354 g/mol. The summed E-state index contributed by atoms with van der Waals surface area (Å²) in [6.45, 7) is 0.389. The SMILES string of the molecule is COc1cc(F)c(C(Br)C2COc3ccccc32)c(F)c1. The molecule has 2 atom stereocenters. The third kappa shape index (κ3) is 2.50. The Bertz CT molecular complexity index is 652. The van der Waals surface area contributed by atoms with Gasteiger partial charge in [0.2, 0.25) is 0 Å². The van der Waals surface area contributed by atoms with Crippen LogP contribution in [0.4, 0.5) is 8.78 Å². The number of para-hydroxylation sites is 1. The lowest BCUT2D eigenvalue weighted by molar-refractivity contribution is 0.327. The molecule has 0 N–H and O–H groups in total. The Morgan fingerprint density at radius 3 is 2.57 bits per heavy atom. The number of fused-ring (bicyclic) bond motifs is 1. The van der Waals surface area contributed by atoms with E-state index in [4.69, 9.17) is 9.47 Å². The maximum absolute atomic E-state index is 14.2. The number of ether oxygens (including phenoxy) is 2. The lowest BCUT2D eigenvalue weighted by Crippen LogP contribution is -2.11. The quantitative estimate of drug-likeness (QED) is 0.750. The molecule has 110 valence electrons. The fraction of sp³-hybridized carbons (Fsp3) is 0.250. The van der Waals surface area contributed by atoms with Crippen molar-refractivity contribution >= 4 is 15.9 Å². The molecule has 0 saturated heterocycles. The second-order valence-electron chi connectivity index (χ2n) is 4.86. The Labute approximate surface area is 129 Å². The van der Waals surface area contributed by atoms with Gasteiger partial charge in [0.15, 0.2) is 0 Å². The van der Waals surface area contributed by atoms with Crippen LogP contribution >= 0.6 is 15.9 Å². The van der Waals surface area contributed by atoms with Crippen molar-refractivity contribution in [2.75, 3.05) is 13.7 Å². The molecule has 2 aromatic carbocycles. The maximum Gasteiger partial charge on any atom is 0.134 e. The molecule has 0 aromatic heterocycles. The van der Waals surface area contributed by atoms with E-state index < -0.39 is 16.5 Å². The number of hydrogen-bond donors (Lipinski definition) is 0. The van der Waals surface area contributed by atoms with E-state index in [-0.39, 0.29) is 17.2 Å². The number of benzene rings is 2. The minimum atomic E-state index is -0.627. The van der Waals surface area contributed by atoms with Gasteiger partial charge in [0.1, 0.15) is 23.1 Å². The number of rotatable bonds is 3. The van der Waals surface area contributed by atoms with Crippen LogP contribution in [0, 0.1) is 11.6 Å². The second-order valence-corrected chi connectivity index (χ2v) is 5.85. The Morgan fingerprint density at radius 2 is 1.90 bits per heavy atom. The first-order valence-electron chi connectivity index (χ1n) is 6.50. The van der Waals surface area contributed by atoms with Crippen molar-refractivity contribution in [1.29, 1.82) is 0 Å². The van der Waals surface area contributed by atoms with Gasteiger partial charge in [-0.3, -0.25) is 0 Å². The molecule has 2 unspecified atom stereocenters. The summed E-state index contributed by atoms with van der Waals surface area (Å²) < 4.78 is 38.8. The fourth-order valence-corrected chi connectivity index (χ4v) is 3.45. The number of methoxy groups -OCH3 is 1. The van der Waals surface area contributed by atoms with Crippen LogP contribution in [-0.4, -0.2) is 13.7 Å². The van der Waals surface area contributed by atoms with Crippen molar-refractivity contribution in [1.82, 2.24) is 0 Å². The van der Waals surface area contributed by atoms with E-state index in [0.29, 0.717) is 6.61 Å².